The first-order chi connectivity index (χ1) is 5.16. The fourth-order valence-electron chi connectivity index (χ4n) is 0.997. The molecule has 0 aliphatic rings. The van der Waals surface area contributed by atoms with Crippen LogP contribution in [0.5, 0.6) is 0 Å². The van der Waals surface area contributed by atoms with Gasteiger partial charge in [0.1, 0.15) is 6.29 Å². The Bertz CT molecular complexity index is 250. The highest BCUT2D eigenvalue weighted by Gasteiger charge is 2.12. The van der Waals surface area contributed by atoms with Gasteiger partial charge in [0, 0.05) is 7.05 Å². The minimum atomic E-state index is -0.100. The van der Waals surface area contributed by atoms with Gasteiger partial charge in [-0.1, -0.05) is 6.92 Å². The predicted molar refractivity (Wildman–Crippen MR) is 45.4 cm³/mol. The highest BCUT2D eigenvalue weighted by molar-refractivity contribution is 9.10. The summed E-state index contributed by atoms with van der Waals surface area (Å²) in [6, 6.07) is 0. The summed E-state index contributed by atoms with van der Waals surface area (Å²) in [6.07, 6.45) is 2.59. The topological polar surface area (TPSA) is 34.9 Å². The molecule has 1 atom stereocenters. The SMILES string of the molecule is CC(C=O)c1c(Br)cnn1C. The molecule has 0 fully saturated rings. The van der Waals surface area contributed by atoms with Crippen LogP contribution in [-0.4, -0.2) is 16.1 Å². The Kier molecular flexibility index (Phi) is 2.44. The Morgan fingerprint density at radius 2 is 2.45 bits per heavy atom. The fourth-order valence-corrected chi connectivity index (χ4v) is 1.71. The minimum Gasteiger partial charge on any atom is -0.303 e. The molecule has 0 spiro atoms. The molecule has 0 aliphatic carbocycles. The summed E-state index contributed by atoms with van der Waals surface area (Å²) in [5.74, 6) is -0.100. The number of carbonyl (C=O) groups is 1. The van der Waals surface area contributed by atoms with Gasteiger partial charge >= 0.3 is 0 Å². The zero-order chi connectivity index (χ0) is 8.43. The molecular weight excluding hydrogens is 208 g/mol. The van der Waals surface area contributed by atoms with Crippen molar-refractivity contribution in [3.63, 3.8) is 0 Å². The zero-order valence-electron chi connectivity index (χ0n) is 6.41. The average molecular weight is 217 g/mol. The number of halogens is 1. The van der Waals surface area contributed by atoms with Gasteiger partial charge < -0.3 is 4.79 Å². The van der Waals surface area contributed by atoms with Gasteiger partial charge in [0.15, 0.2) is 0 Å². The van der Waals surface area contributed by atoms with Gasteiger partial charge in [-0.05, 0) is 15.9 Å². The molecule has 60 valence electrons. The lowest BCUT2D eigenvalue weighted by molar-refractivity contribution is -0.108. The third kappa shape index (κ3) is 1.50. The molecule has 1 aromatic rings. The summed E-state index contributed by atoms with van der Waals surface area (Å²) in [7, 11) is 1.82. The number of hydrogen-bond donors (Lipinski definition) is 0. The van der Waals surface area contributed by atoms with Gasteiger partial charge in [0.2, 0.25) is 0 Å². The first-order valence-corrected chi connectivity index (χ1v) is 4.08. The monoisotopic (exact) mass is 216 g/mol. The summed E-state index contributed by atoms with van der Waals surface area (Å²) in [5.41, 5.74) is 0.917. The van der Waals surface area contributed by atoms with Crippen LogP contribution in [0.4, 0.5) is 0 Å². The Morgan fingerprint density at radius 3 is 2.82 bits per heavy atom. The maximum Gasteiger partial charge on any atom is 0.128 e. The second kappa shape index (κ2) is 3.17. The molecule has 1 heterocycles. The highest BCUT2D eigenvalue weighted by Crippen LogP contribution is 2.21. The number of aromatic nitrogens is 2. The van der Waals surface area contributed by atoms with Gasteiger partial charge in [0.05, 0.1) is 22.3 Å². The molecule has 0 amide bonds. The molecular formula is C7H9BrN2O. The van der Waals surface area contributed by atoms with Crippen LogP contribution >= 0.6 is 15.9 Å². The van der Waals surface area contributed by atoms with E-state index in [4.69, 9.17) is 0 Å². The van der Waals surface area contributed by atoms with Crippen molar-refractivity contribution in [2.24, 2.45) is 7.05 Å². The summed E-state index contributed by atoms with van der Waals surface area (Å²) in [6.45, 7) is 1.84. The first-order valence-electron chi connectivity index (χ1n) is 3.29. The van der Waals surface area contributed by atoms with E-state index in [1.54, 1.807) is 10.9 Å². The molecule has 1 rings (SSSR count). The highest BCUT2D eigenvalue weighted by atomic mass is 79.9. The van der Waals surface area contributed by atoms with E-state index in [0.29, 0.717) is 0 Å². The van der Waals surface area contributed by atoms with Crippen LogP contribution in [0, 0.1) is 0 Å². The van der Waals surface area contributed by atoms with Crippen LogP contribution in [-0.2, 0) is 11.8 Å². The minimum absolute atomic E-state index is 0.100. The van der Waals surface area contributed by atoms with E-state index in [1.165, 1.54) is 0 Å². The summed E-state index contributed by atoms with van der Waals surface area (Å²) in [5, 5.41) is 4.00. The average Bonchev–Trinajstić information content (AvgIpc) is 2.30. The predicted octanol–water partition coefficient (Wildman–Crippen LogP) is 1.48. The van der Waals surface area contributed by atoms with Crippen molar-refractivity contribution in [1.82, 2.24) is 9.78 Å². The zero-order valence-corrected chi connectivity index (χ0v) is 8.00. The maximum atomic E-state index is 10.4. The van der Waals surface area contributed by atoms with Crippen molar-refractivity contribution >= 4 is 22.2 Å². The molecule has 0 saturated heterocycles. The first kappa shape index (κ1) is 8.46. The van der Waals surface area contributed by atoms with Crippen LogP contribution in [0.15, 0.2) is 10.7 Å². The number of rotatable bonds is 2. The Labute approximate surface area is 73.5 Å². The van der Waals surface area contributed by atoms with E-state index in [1.807, 2.05) is 14.0 Å². The number of nitrogens with zero attached hydrogens (tertiary/aromatic N) is 2. The second-order valence-electron chi connectivity index (χ2n) is 2.43. The van der Waals surface area contributed by atoms with Gasteiger partial charge in [-0.15, -0.1) is 0 Å². The third-order valence-corrected chi connectivity index (χ3v) is 2.18. The van der Waals surface area contributed by atoms with Crippen LogP contribution in [0.1, 0.15) is 18.5 Å². The van der Waals surface area contributed by atoms with Crippen molar-refractivity contribution in [2.75, 3.05) is 0 Å². The van der Waals surface area contributed by atoms with Gasteiger partial charge in [0.25, 0.3) is 0 Å². The standard InChI is InChI=1S/C7H9BrN2O/c1-5(4-11)7-6(8)3-9-10(7)2/h3-5H,1-2H3. The lowest BCUT2D eigenvalue weighted by atomic mass is 10.1. The number of aryl methyl sites for hydroxylation is 1. The van der Waals surface area contributed by atoms with Crippen LogP contribution in [0.3, 0.4) is 0 Å². The van der Waals surface area contributed by atoms with Crippen molar-refractivity contribution in [3.05, 3.63) is 16.4 Å². The lowest BCUT2D eigenvalue weighted by Gasteiger charge is -2.03. The van der Waals surface area contributed by atoms with Gasteiger partial charge in [-0.2, -0.15) is 5.10 Å². The summed E-state index contributed by atoms with van der Waals surface area (Å²) >= 11 is 3.32. The molecule has 1 unspecified atom stereocenters. The smallest absolute Gasteiger partial charge is 0.128 e. The summed E-state index contributed by atoms with van der Waals surface area (Å²) < 4.78 is 2.59. The van der Waals surface area contributed by atoms with Crippen molar-refractivity contribution < 1.29 is 4.79 Å². The third-order valence-electron chi connectivity index (χ3n) is 1.57. The maximum absolute atomic E-state index is 10.4. The molecule has 1 aromatic heterocycles. The molecule has 0 aliphatic heterocycles. The number of hydrogen-bond acceptors (Lipinski definition) is 2. The van der Waals surface area contributed by atoms with Crippen molar-refractivity contribution in [3.8, 4) is 0 Å². The van der Waals surface area contributed by atoms with E-state index >= 15 is 0 Å². The van der Waals surface area contributed by atoms with E-state index in [2.05, 4.69) is 21.0 Å². The largest absolute Gasteiger partial charge is 0.303 e. The van der Waals surface area contributed by atoms with E-state index in [-0.39, 0.29) is 5.92 Å². The van der Waals surface area contributed by atoms with Crippen molar-refractivity contribution in [2.45, 2.75) is 12.8 Å². The Hall–Kier alpha value is -0.640. The van der Waals surface area contributed by atoms with E-state index in [0.717, 1.165) is 16.5 Å². The van der Waals surface area contributed by atoms with Crippen LogP contribution in [0.2, 0.25) is 0 Å². The lowest BCUT2D eigenvalue weighted by Crippen LogP contribution is -2.03. The molecule has 0 saturated carbocycles. The quantitative estimate of drug-likeness (QED) is 0.703. The molecule has 11 heavy (non-hydrogen) atoms. The molecule has 3 nitrogen and oxygen atoms in total. The van der Waals surface area contributed by atoms with Crippen LogP contribution in [0.25, 0.3) is 0 Å². The molecule has 0 radical (unpaired) electrons. The van der Waals surface area contributed by atoms with Gasteiger partial charge in [-0.25, -0.2) is 0 Å². The second-order valence-corrected chi connectivity index (χ2v) is 3.28. The molecule has 0 N–H and O–H groups in total. The molecule has 4 heteroatoms. The van der Waals surface area contributed by atoms with Gasteiger partial charge in [-0.3, -0.25) is 4.68 Å². The molecule has 0 aromatic carbocycles. The number of carbonyl (C=O) groups excluding carboxylic acids is 1. The Balaban J connectivity index is 3.09. The van der Waals surface area contributed by atoms with E-state index < -0.39 is 0 Å². The van der Waals surface area contributed by atoms with Crippen LogP contribution < -0.4 is 0 Å². The summed E-state index contributed by atoms with van der Waals surface area (Å²) in [4.78, 5) is 10.4. The number of aldehydes is 1. The fraction of sp³-hybridized carbons (Fsp3) is 0.429. The Morgan fingerprint density at radius 1 is 1.82 bits per heavy atom. The normalized spacial score (nSPS) is 13.0. The van der Waals surface area contributed by atoms with Crippen molar-refractivity contribution in [1.29, 1.82) is 0 Å². The van der Waals surface area contributed by atoms with E-state index in [9.17, 15) is 4.79 Å². The molecule has 0 bridgehead atoms.